The number of rotatable bonds is 6. The van der Waals surface area contributed by atoms with Crippen LogP contribution in [0.2, 0.25) is 0 Å². The molecule has 3 N–H and O–H groups in total. The van der Waals surface area contributed by atoms with Crippen molar-refractivity contribution in [2.45, 2.75) is 18.6 Å². The highest BCUT2D eigenvalue weighted by Gasteiger charge is 2.21. The molecule has 2 aromatic carbocycles. The molecule has 0 spiro atoms. The molecule has 0 aliphatic heterocycles. The van der Waals surface area contributed by atoms with E-state index in [-0.39, 0.29) is 18.9 Å². The Labute approximate surface area is 124 Å². The predicted molar refractivity (Wildman–Crippen MR) is 80.6 cm³/mol. The van der Waals surface area contributed by atoms with Gasteiger partial charge in [-0.15, -0.1) is 0 Å². The molecular formula is C17H19NO3. The maximum absolute atomic E-state index is 12.0. The summed E-state index contributed by atoms with van der Waals surface area (Å²) in [7, 11) is 0. The lowest BCUT2D eigenvalue weighted by Crippen LogP contribution is -2.42. The zero-order valence-corrected chi connectivity index (χ0v) is 11.6. The van der Waals surface area contributed by atoms with Gasteiger partial charge >= 0.3 is 0 Å². The molecule has 1 amide bonds. The zero-order chi connectivity index (χ0) is 15.1. The molecule has 0 aliphatic rings. The second kappa shape index (κ2) is 7.57. The fraction of sp³-hybridized carbons (Fsp3) is 0.235. The lowest BCUT2D eigenvalue weighted by molar-refractivity contribution is -0.122. The van der Waals surface area contributed by atoms with Crippen LogP contribution in [0.5, 0.6) is 0 Å². The van der Waals surface area contributed by atoms with Crippen LogP contribution in [0.4, 0.5) is 0 Å². The Morgan fingerprint density at radius 2 is 1.57 bits per heavy atom. The first-order valence-electron chi connectivity index (χ1n) is 6.88. The first kappa shape index (κ1) is 15.2. The van der Waals surface area contributed by atoms with Gasteiger partial charge < -0.3 is 15.5 Å². The molecule has 2 atom stereocenters. The van der Waals surface area contributed by atoms with Crippen molar-refractivity contribution < 1.29 is 15.0 Å². The Morgan fingerprint density at radius 1 is 1.00 bits per heavy atom. The van der Waals surface area contributed by atoms with Gasteiger partial charge in [0.1, 0.15) is 6.10 Å². The van der Waals surface area contributed by atoms with Crippen LogP contribution >= 0.6 is 0 Å². The average molecular weight is 285 g/mol. The van der Waals surface area contributed by atoms with E-state index in [1.54, 1.807) is 24.3 Å². The topological polar surface area (TPSA) is 69.6 Å². The Hall–Kier alpha value is -2.17. The summed E-state index contributed by atoms with van der Waals surface area (Å²) in [4.78, 5) is 12.0. The number of aliphatic hydroxyl groups is 2. The molecule has 110 valence electrons. The molecule has 0 unspecified atom stereocenters. The number of nitrogens with one attached hydrogen (secondary N) is 1. The molecular weight excluding hydrogens is 266 g/mol. The molecule has 4 nitrogen and oxygen atoms in total. The van der Waals surface area contributed by atoms with Crippen molar-refractivity contribution in [3.63, 3.8) is 0 Å². The summed E-state index contributed by atoms with van der Waals surface area (Å²) in [6.07, 6.45) is -0.713. The van der Waals surface area contributed by atoms with E-state index in [1.165, 1.54) is 0 Å². The van der Waals surface area contributed by atoms with E-state index in [1.807, 2.05) is 36.4 Å². The SMILES string of the molecule is O=C(Cc1ccccc1)N[C@@H](CO)[C@@H](O)c1ccccc1. The van der Waals surface area contributed by atoms with Crippen molar-refractivity contribution in [3.8, 4) is 0 Å². The van der Waals surface area contributed by atoms with Gasteiger partial charge in [-0.3, -0.25) is 4.79 Å². The quantitative estimate of drug-likeness (QED) is 0.752. The number of carbonyl (C=O) groups is 1. The molecule has 0 bridgehead atoms. The van der Waals surface area contributed by atoms with Crippen LogP contribution in [0, 0.1) is 0 Å². The van der Waals surface area contributed by atoms with Crippen molar-refractivity contribution in [1.82, 2.24) is 5.32 Å². The number of benzene rings is 2. The van der Waals surface area contributed by atoms with Crippen molar-refractivity contribution in [1.29, 1.82) is 0 Å². The van der Waals surface area contributed by atoms with Crippen LogP contribution in [0.3, 0.4) is 0 Å². The van der Waals surface area contributed by atoms with Crippen LogP contribution in [0.25, 0.3) is 0 Å². The number of hydrogen-bond acceptors (Lipinski definition) is 3. The van der Waals surface area contributed by atoms with E-state index < -0.39 is 12.1 Å². The van der Waals surface area contributed by atoms with Crippen LogP contribution in [-0.4, -0.2) is 28.8 Å². The fourth-order valence-electron chi connectivity index (χ4n) is 2.15. The summed E-state index contributed by atoms with van der Waals surface area (Å²) < 4.78 is 0. The minimum absolute atomic E-state index is 0.221. The van der Waals surface area contributed by atoms with Gasteiger partial charge in [0.15, 0.2) is 0 Å². The van der Waals surface area contributed by atoms with Crippen LogP contribution in [-0.2, 0) is 11.2 Å². The maximum Gasteiger partial charge on any atom is 0.224 e. The first-order chi connectivity index (χ1) is 10.2. The van der Waals surface area contributed by atoms with E-state index >= 15 is 0 Å². The van der Waals surface area contributed by atoms with E-state index in [4.69, 9.17) is 0 Å². The average Bonchev–Trinajstić information content (AvgIpc) is 2.53. The fourth-order valence-corrected chi connectivity index (χ4v) is 2.15. The third-order valence-electron chi connectivity index (χ3n) is 3.27. The van der Waals surface area contributed by atoms with Gasteiger partial charge in [-0.1, -0.05) is 60.7 Å². The molecule has 0 saturated heterocycles. The van der Waals surface area contributed by atoms with Crippen molar-refractivity contribution >= 4 is 5.91 Å². The molecule has 0 aromatic heterocycles. The highest BCUT2D eigenvalue weighted by atomic mass is 16.3. The third kappa shape index (κ3) is 4.41. The third-order valence-corrected chi connectivity index (χ3v) is 3.27. The lowest BCUT2D eigenvalue weighted by Gasteiger charge is -2.22. The Morgan fingerprint density at radius 3 is 2.14 bits per heavy atom. The number of carbonyl (C=O) groups excluding carboxylic acids is 1. The molecule has 2 rings (SSSR count). The van der Waals surface area contributed by atoms with Gasteiger partial charge in [-0.2, -0.15) is 0 Å². The zero-order valence-electron chi connectivity index (χ0n) is 11.6. The summed E-state index contributed by atoms with van der Waals surface area (Å²) in [5, 5.41) is 22.3. The number of hydrogen-bond donors (Lipinski definition) is 3. The Bertz CT molecular complexity index is 557. The molecule has 21 heavy (non-hydrogen) atoms. The van der Waals surface area contributed by atoms with Gasteiger partial charge in [0.2, 0.25) is 5.91 Å². The predicted octanol–water partition coefficient (Wildman–Crippen LogP) is 1.44. The minimum Gasteiger partial charge on any atom is -0.394 e. The van der Waals surface area contributed by atoms with Crippen molar-refractivity contribution in [3.05, 3.63) is 71.8 Å². The van der Waals surface area contributed by atoms with E-state index in [0.717, 1.165) is 5.56 Å². The first-order valence-corrected chi connectivity index (χ1v) is 6.88. The minimum atomic E-state index is -0.934. The van der Waals surface area contributed by atoms with Crippen molar-refractivity contribution in [2.24, 2.45) is 0 Å². The Balaban J connectivity index is 1.97. The highest BCUT2D eigenvalue weighted by Crippen LogP contribution is 2.16. The molecule has 0 fully saturated rings. The molecule has 4 heteroatoms. The standard InChI is InChI=1S/C17H19NO3/c19-12-15(17(21)14-9-5-2-6-10-14)18-16(20)11-13-7-3-1-4-8-13/h1-10,15,17,19,21H,11-12H2,(H,18,20)/t15-,17-/m0/s1. The van der Waals surface area contributed by atoms with Gasteiger partial charge in [0, 0.05) is 0 Å². The van der Waals surface area contributed by atoms with E-state index in [0.29, 0.717) is 5.56 Å². The molecule has 0 radical (unpaired) electrons. The van der Waals surface area contributed by atoms with Gasteiger partial charge in [-0.05, 0) is 11.1 Å². The molecule has 0 aliphatic carbocycles. The number of amides is 1. The maximum atomic E-state index is 12.0. The summed E-state index contributed by atoms with van der Waals surface area (Å²) >= 11 is 0. The molecule has 0 heterocycles. The lowest BCUT2D eigenvalue weighted by atomic mass is 10.0. The summed E-state index contributed by atoms with van der Waals surface area (Å²) in [6.45, 7) is -0.323. The highest BCUT2D eigenvalue weighted by molar-refractivity contribution is 5.78. The van der Waals surface area contributed by atoms with Gasteiger partial charge in [0.05, 0.1) is 19.1 Å². The van der Waals surface area contributed by atoms with Crippen molar-refractivity contribution in [2.75, 3.05) is 6.61 Å². The second-order valence-electron chi connectivity index (χ2n) is 4.87. The normalized spacial score (nSPS) is 13.4. The molecule has 2 aromatic rings. The van der Waals surface area contributed by atoms with Gasteiger partial charge in [-0.25, -0.2) is 0 Å². The Kier molecular flexibility index (Phi) is 5.49. The van der Waals surface area contributed by atoms with Crippen LogP contribution in [0.1, 0.15) is 17.2 Å². The summed E-state index contributed by atoms with van der Waals surface area (Å²) in [5.41, 5.74) is 1.55. The number of aliphatic hydroxyl groups excluding tert-OH is 2. The van der Waals surface area contributed by atoms with E-state index in [9.17, 15) is 15.0 Å². The molecule has 0 saturated carbocycles. The smallest absolute Gasteiger partial charge is 0.224 e. The second-order valence-corrected chi connectivity index (χ2v) is 4.87. The summed E-state index contributed by atoms with van der Waals surface area (Å²) in [6, 6.07) is 17.6. The largest absolute Gasteiger partial charge is 0.394 e. The summed E-state index contributed by atoms with van der Waals surface area (Å²) in [5.74, 6) is -0.227. The van der Waals surface area contributed by atoms with Crippen LogP contribution < -0.4 is 5.32 Å². The monoisotopic (exact) mass is 285 g/mol. The van der Waals surface area contributed by atoms with Gasteiger partial charge in [0.25, 0.3) is 0 Å². The van der Waals surface area contributed by atoms with E-state index in [2.05, 4.69) is 5.32 Å². The van der Waals surface area contributed by atoms with Crippen LogP contribution in [0.15, 0.2) is 60.7 Å².